The molecule has 4 rings (SSSR count). The van der Waals surface area contributed by atoms with Gasteiger partial charge in [0, 0.05) is 63.1 Å². The third-order valence-corrected chi connectivity index (χ3v) is 10.2. The summed E-state index contributed by atoms with van der Waals surface area (Å²) in [5.74, 6) is -1.16. The van der Waals surface area contributed by atoms with Gasteiger partial charge >= 0.3 is 6.18 Å². The molecule has 0 amide bonds. The highest BCUT2D eigenvalue weighted by Crippen LogP contribution is 2.35. The van der Waals surface area contributed by atoms with E-state index in [1.165, 1.54) is 11.0 Å². The molecule has 222 valence electrons. The molecule has 41 heavy (non-hydrogen) atoms. The highest BCUT2D eigenvalue weighted by Gasteiger charge is 2.38. The van der Waals surface area contributed by atoms with Crippen molar-refractivity contribution in [2.45, 2.75) is 61.9 Å². The quantitative estimate of drug-likeness (QED) is 0.417. The molecule has 2 saturated heterocycles. The average molecular weight is 613 g/mol. The molecule has 9 nitrogen and oxygen atoms in total. The fraction of sp³-hybridized carbons (Fsp3) is 0.556. The third kappa shape index (κ3) is 7.10. The molecule has 14 heteroatoms. The number of hydrogen-bond acceptors (Lipinski definition) is 9. The van der Waals surface area contributed by atoms with Crippen LogP contribution in [0, 0.1) is 11.3 Å². The zero-order valence-corrected chi connectivity index (χ0v) is 24.7. The average Bonchev–Trinajstić information content (AvgIpc) is 3.42. The summed E-state index contributed by atoms with van der Waals surface area (Å²) in [6, 6.07) is 6.67. The summed E-state index contributed by atoms with van der Waals surface area (Å²) in [5.41, 5.74) is 0.721. The fourth-order valence-electron chi connectivity index (χ4n) is 5.16. The first-order valence-corrected chi connectivity index (χ1v) is 15.2. The number of aromatic nitrogens is 2. The molecule has 0 aliphatic carbocycles. The van der Waals surface area contributed by atoms with Crippen molar-refractivity contribution in [3.05, 3.63) is 40.8 Å². The molecule has 2 aliphatic rings. The number of rotatable bonds is 7. The Morgan fingerprint density at radius 1 is 1.12 bits per heavy atom. The van der Waals surface area contributed by atoms with Crippen LogP contribution in [0.5, 0.6) is 0 Å². The number of nitriles is 1. The van der Waals surface area contributed by atoms with Gasteiger partial charge in [-0.05, 0) is 45.4 Å². The maximum absolute atomic E-state index is 13.6. The number of piperazine rings is 1. The van der Waals surface area contributed by atoms with Crippen LogP contribution in [0.4, 0.5) is 24.7 Å². The Balaban J connectivity index is 1.51. The minimum Gasteiger partial charge on any atom is -0.369 e. The van der Waals surface area contributed by atoms with Gasteiger partial charge in [-0.3, -0.25) is 9.69 Å². The summed E-state index contributed by atoms with van der Waals surface area (Å²) in [7, 11) is -3.91. The van der Waals surface area contributed by atoms with Crippen LogP contribution in [-0.2, 0) is 9.84 Å². The number of nitrogens with zero attached hydrogens (tertiary/aromatic N) is 6. The Labute approximate surface area is 242 Å². The van der Waals surface area contributed by atoms with Crippen LogP contribution in [0.25, 0.3) is 0 Å². The van der Waals surface area contributed by atoms with E-state index in [0.29, 0.717) is 0 Å². The normalized spacial score (nSPS) is 18.9. The van der Waals surface area contributed by atoms with E-state index in [1.807, 2.05) is 0 Å². The number of alkyl halides is 3. The largest absolute Gasteiger partial charge is 0.389 e. The van der Waals surface area contributed by atoms with Gasteiger partial charge in [-0.15, -0.1) is 0 Å². The second kappa shape index (κ2) is 11.7. The molecule has 0 radical (unpaired) electrons. The van der Waals surface area contributed by atoms with Crippen molar-refractivity contribution in [2.24, 2.45) is 0 Å². The Morgan fingerprint density at radius 3 is 2.39 bits per heavy atom. The number of carbonyl (C=O) groups is 1. The smallest absolute Gasteiger partial charge is 0.369 e. The molecule has 1 aromatic heterocycles. The third-order valence-electron chi connectivity index (χ3n) is 7.50. The predicted octanol–water partition coefficient (Wildman–Crippen LogP) is 4.50. The van der Waals surface area contributed by atoms with Crippen molar-refractivity contribution >= 4 is 38.7 Å². The first-order valence-electron chi connectivity index (χ1n) is 13.3. The molecule has 2 fully saturated rings. The van der Waals surface area contributed by atoms with Crippen LogP contribution in [-0.4, -0.2) is 85.3 Å². The van der Waals surface area contributed by atoms with Gasteiger partial charge in [0.2, 0.25) is 5.82 Å². The number of anilines is 2. The van der Waals surface area contributed by atoms with Crippen LogP contribution in [0.3, 0.4) is 0 Å². The fourth-order valence-corrected chi connectivity index (χ4v) is 7.40. The van der Waals surface area contributed by atoms with Crippen molar-refractivity contribution in [1.29, 1.82) is 5.26 Å². The molecule has 0 N–H and O–H groups in total. The van der Waals surface area contributed by atoms with Crippen molar-refractivity contribution < 1.29 is 26.4 Å². The molecule has 1 atom stereocenters. The predicted molar refractivity (Wildman–Crippen MR) is 149 cm³/mol. The molecule has 0 unspecified atom stereocenters. The van der Waals surface area contributed by atoms with Crippen molar-refractivity contribution in [3.8, 4) is 6.07 Å². The summed E-state index contributed by atoms with van der Waals surface area (Å²) in [4.78, 5) is 26.5. The van der Waals surface area contributed by atoms with Crippen LogP contribution in [0.2, 0.25) is 5.02 Å². The lowest BCUT2D eigenvalue weighted by atomic mass is 10.0. The van der Waals surface area contributed by atoms with Gasteiger partial charge in [-0.2, -0.15) is 18.4 Å². The minimum atomic E-state index is -4.52. The number of halogens is 4. The van der Waals surface area contributed by atoms with Crippen LogP contribution in [0.15, 0.2) is 29.3 Å². The van der Waals surface area contributed by atoms with Gasteiger partial charge in [0.25, 0.3) is 0 Å². The number of Topliss-reactive ketones (excluding diaryl/α,β-unsaturated/α-hetero) is 1. The Kier molecular flexibility index (Phi) is 8.87. The van der Waals surface area contributed by atoms with Gasteiger partial charge in [0.15, 0.2) is 15.6 Å². The van der Waals surface area contributed by atoms with Gasteiger partial charge in [0.05, 0.1) is 27.2 Å². The lowest BCUT2D eigenvalue weighted by Crippen LogP contribution is -2.53. The lowest BCUT2D eigenvalue weighted by molar-refractivity contribution is -0.133. The van der Waals surface area contributed by atoms with Gasteiger partial charge in [0.1, 0.15) is 11.9 Å². The highest BCUT2D eigenvalue weighted by atomic mass is 35.5. The zero-order chi connectivity index (χ0) is 30.2. The summed E-state index contributed by atoms with van der Waals surface area (Å²) in [6.07, 6.45) is -5.45. The van der Waals surface area contributed by atoms with Gasteiger partial charge in [-0.1, -0.05) is 11.6 Å². The van der Waals surface area contributed by atoms with Crippen LogP contribution in [0.1, 0.15) is 56.2 Å². The highest BCUT2D eigenvalue weighted by molar-refractivity contribution is 7.92. The number of carbonyl (C=O) groups excluding carboxylic acids is 1. The first-order chi connectivity index (χ1) is 19.1. The molecule has 2 aliphatic heterocycles. The summed E-state index contributed by atoms with van der Waals surface area (Å²) in [5, 5.41) is 8.43. The monoisotopic (exact) mass is 612 g/mol. The molecule has 0 spiro atoms. The Hall–Kier alpha value is -2.95. The number of ketones is 1. The zero-order valence-electron chi connectivity index (χ0n) is 23.1. The van der Waals surface area contributed by atoms with E-state index in [1.54, 1.807) is 18.2 Å². The van der Waals surface area contributed by atoms with E-state index < -0.39 is 39.9 Å². The molecule has 0 saturated carbocycles. The molecular weight excluding hydrogens is 581 g/mol. The maximum atomic E-state index is 13.6. The summed E-state index contributed by atoms with van der Waals surface area (Å²) >= 11 is 6.52. The van der Waals surface area contributed by atoms with E-state index in [2.05, 4.69) is 40.5 Å². The summed E-state index contributed by atoms with van der Waals surface area (Å²) in [6.45, 7) is 9.91. The van der Waals surface area contributed by atoms with Crippen molar-refractivity contribution in [1.82, 2.24) is 14.9 Å². The van der Waals surface area contributed by atoms with E-state index in [9.17, 15) is 31.6 Å². The van der Waals surface area contributed by atoms with Crippen LogP contribution >= 0.6 is 11.6 Å². The summed E-state index contributed by atoms with van der Waals surface area (Å²) < 4.78 is 65.3. The lowest BCUT2D eigenvalue weighted by Gasteiger charge is -2.43. The number of hydrogen-bond donors (Lipinski definition) is 0. The molecule has 3 heterocycles. The Morgan fingerprint density at radius 2 is 1.80 bits per heavy atom. The van der Waals surface area contributed by atoms with Crippen molar-refractivity contribution in [3.63, 3.8) is 0 Å². The Bertz CT molecular complexity index is 1450. The van der Waals surface area contributed by atoms with E-state index >= 15 is 0 Å². The maximum Gasteiger partial charge on any atom is 0.389 e. The van der Waals surface area contributed by atoms with E-state index in [4.69, 9.17) is 11.6 Å². The molecule has 1 aromatic carbocycles. The topological polar surface area (TPSA) is 110 Å². The molecule has 2 aromatic rings. The molecular formula is C27H32ClF3N6O3S. The van der Waals surface area contributed by atoms with E-state index in [0.717, 1.165) is 38.1 Å². The second-order valence-electron chi connectivity index (χ2n) is 11.2. The second-order valence-corrected chi connectivity index (χ2v) is 13.8. The number of sulfone groups is 1. The first kappa shape index (κ1) is 31.0. The van der Waals surface area contributed by atoms with Crippen LogP contribution < -0.4 is 9.80 Å². The van der Waals surface area contributed by atoms with Gasteiger partial charge < -0.3 is 9.80 Å². The van der Waals surface area contributed by atoms with Gasteiger partial charge in [-0.25, -0.2) is 18.4 Å². The minimum absolute atomic E-state index is 0.00928. The SMILES string of the molecule is CC(C)(C)N1CCN(c2ccc(S(=O)(=O)[C@H]3CCN(c4nc(C#N)ncc4C(=O)CCC(F)(F)F)C3)c(Cl)c2)CC1. The number of benzene rings is 1. The standard InChI is InChI=1S/C27H32ClF3N6O3S/c1-26(2,3)37-12-10-35(11-13-37)18-4-5-23(21(28)14-18)41(39,40)19-7-9-36(17-19)25-20(16-33-24(15-32)34-25)22(38)6-8-27(29,30)31/h4-5,14,16,19H,6-13,17H2,1-3H3/t19-/m0/s1. The van der Waals surface area contributed by atoms with E-state index in [-0.39, 0.29) is 52.2 Å². The van der Waals surface area contributed by atoms with Crippen molar-refractivity contribution in [2.75, 3.05) is 49.1 Å². The molecule has 0 bridgehead atoms.